The van der Waals surface area contributed by atoms with Gasteiger partial charge in [0.2, 0.25) is 0 Å². The SMILES string of the molecule is CC(C)(C)NCC(=O)c1ccc(Br)s1. The Balaban J connectivity index is 2.52. The smallest absolute Gasteiger partial charge is 0.186 e. The lowest BCUT2D eigenvalue weighted by Crippen LogP contribution is -2.39. The van der Waals surface area contributed by atoms with Crippen LogP contribution in [0.3, 0.4) is 0 Å². The molecule has 0 bridgehead atoms. The van der Waals surface area contributed by atoms with E-state index in [9.17, 15) is 4.79 Å². The van der Waals surface area contributed by atoms with Gasteiger partial charge >= 0.3 is 0 Å². The summed E-state index contributed by atoms with van der Waals surface area (Å²) in [5.74, 6) is 0.149. The molecular weight excluding hydrogens is 262 g/mol. The first-order valence-corrected chi connectivity index (χ1v) is 6.03. The van der Waals surface area contributed by atoms with Crippen molar-refractivity contribution in [2.45, 2.75) is 26.3 Å². The van der Waals surface area contributed by atoms with Crippen LogP contribution in [0.4, 0.5) is 0 Å². The summed E-state index contributed by atoms with van der Waals surface area (Å²) in [5.41, 5.74) is -0.00977. The highest BCUT2D eigenvalue weighted by molar-refractivity contribution is 9.11. The van der Waals surface area contributed by atoms with Crippen LogP contribution in [-0.2, 0) is 0 Å². The molecule has 14 heavy (non-hydrogen) atoms. The van der Waals surface area contributed by atoms with Gasteiger partial charge in [-0.25, -0.2) is 0 Å². The third kappa shape index (κ3) is 3.90. The quantitative estimate of drug-likeness (QED) is 0.860. The van der Waals surface area contributed by atoms with E-state index in [0.717, 1.165) is 8.66 Å². The highest BCUT2D eigenvalue weighted by Crippen LogP contribution is 2.22. The summed E-state index contributed by atoms with van der Waals surface area (Å²) in [4.78, 5) is 12.4. The van der Waals surface area contributed by atoms with Gasteiger partial charge in [0.1, 0.15) is 0 Å². The van der Waals surface area contributed by atoms with Gasteiger partial charge in [-0.1, -0.05) is 0 Å². The molecule has 0 amide bonds. The number of Topliss-reactive ketones (excluding diaryl/α,β-unsaturated/α-hetero) is 1. The Hall–Kier alpha value is -0.190. The van der Waals surface area contributed by atoms with Crippen LogP contribution in [0, 0.1) is 0 Å². The molecule has 78 valence electrons. The Bertz CT molecular complexity index is 327. The van der Waals surface area contributed by atoms with Crippen LogP contribution in [0.2, 0.25) is 0 Å². The summed E-state index contributed by atoms with van der Waals surface area (Å²) < 4.78 is 0.997. The number of hydrogen-bond acceptors (Lipinski definition) is 3. The molecule has 0 saturated heterocycles. The maximum Gasteiger partial charge on any atom is 0.186 e. The zero-order chi connectivity index (χ0) is 10.8. The van der Waals surface area contributed by atoms with Gasteiger partial charge < -0.3 is 5.32 Å². The van der Waals surface area contributed by atoms with Crippen molar-refractivity contribution in [3.8, 4) is 0 Å². The molecule has 0 spiro atoms. The fraction of sp³-hybridized carbons (Fsp3) is 0.500. The standard InChI is InChI=1S/C10H14BrNOS/c1-10(2,3)12-6-7(13)8-4-5-9(11)14-8/h4-5,12H,6H2,1-3H3. The topological polar surface area (TPSA) is 29.1 Å². The van der Waals surface area contributed by atoms with Crippen LogP contribution in [0.15, 0.2) is 15.9 Å². The Labute approximate surface area is 96.8 Å². The van der Waals surface area contributed by atoms with Gasteiger partial charge in [0.15, 0.2) is 5.78 Å². The number of halogens is 1. The summed E-state index contributed by atoms with van der Waals surface area (Å²) in [6.07, 6.45) is 0. The number of carbonyl (C=O) groups is 1. The molecule has 2 nitrogen and oxygen atoms in total. The van der Waals surface area contributed by atoms with E-state index in [0.29, 0.717) is 6.54 Å². The first-order valence-electron chi connectivity index (χ1n) is 4.42. The third-order valence-corrected chi connectivity index (χ3v) is 3.29. The molecule has 1 aromatic heterocycles. The van der Waals surface area contributed by atoms with Gasteiger partial charge in [-0.3, -0.25) is 4.79 Å². The normalized spacial score (nSPS) is 11.7. The number of nitrogens with one attached hydrogen (secondary N) is 1. The van der Waals surface area contributed by atoms with Crippen molar-refractivity contribution < 1.29 is 4.79 Å². The molecule has 0 fully saturated rings. The molecule has 0 radical (unpaired) electrons. The predicted molar refractivity (Wildman–Crippen MR) is 64.1 cm³/mol. The number of hydrogen-bond donors (Lipinski definition) is 1. The van der Waals surface area contributed by atoms with E-state index in [-0.39, 0.29) is 11.3 Å². The average molecular weight is 276 g/mol. The maximum absolute atomic E-state index is 11.6. The van der Waals surface area contributed by atoms with E-state index in [1.54, 1.807) is 0 Å². The molecule has 1 N–H and O–H groups in total. The summed E-state index contributed by atoms with van der Waals surface area (Å²) in [6.45, 7) is 6.54. The Kier molecular flexibility index (Phi) is 3.86. The first-order chi connectivity index (χ1) is 6.38. The molecule has 1 rings (SSSR count). The molecule has 0 aliphatic carbocycles. The highest BCUT2D eigenvalue weighted by atomic mass is 79.9. The minimum absolute atomic E-state index is 0.00977. The second-order valence-electron chi connectivity index (χ2n) is 4.13. The highest BCUT2D eigenvalue weighted by Gasteiger charge is 2.13. The lowest BCUT2D eigenvalue weighted by atomic mass is 10.1. The van der Waals surface area contributed by atoms with Gasteiger partial charge in [0, 0.05) is 5.54 Å². The van der Waals surface area contributed by atoms with Crippen LogP contribution in [-0.4, -0.2) is 17.9 Å². The molecule has 0 aliphatic rings. The summed E-state index contributed by atoms with van der Waals surface area (Å²) in [5, 5.41) is 3.17. The molecule has 0 atom stereocenters. The molecule has 0 aromatic carbocycles. The van der Waals surface area contributed by atoms with Gasteiger partial charge in [0.05, 0.1) is 15.2 Å². The van der Waals surface area contributed by atoms with Crippen molar-refractivity contribution in [2.24, 2.45) is 0 Å². The summed E-state index contributed by atoms with van der Waals surface area (Å²) in [6, 6.07) is 3.75. The Morgan fingerprint density at radius 3 is 2.57 bits per heavy atom. The number of carbonyl (C=O) groups excluding carboxylic acids is 1. The van der Waals surface area contributed by atoms with Crippen LogP contribution >= 0.6 is 27.3 Å². The zero-order valence-electron chi connectivity index (χ0n) is 8.56. The molecule has 0 saturated carbocycles. The van der Waals surface area contributed by atoms with E-state index in [1.807, 2.05) is 32.9 Å². The number of rotatable bonds is 3. The van der Waals surface area contributed by atoms with Gasteiger partial charge in [-0.05, 0) is 48.8 Å². The van der Waals surface area contributed by atoms with Crippen molar-refractivity contribution in [1.29, 1.82) is 0 Å². The Morgan fingerprint density at radius 2 is 2.14 bits per heavy atom. The predicted octanol–water partition coefficient (Wildman–Crippen LogP) is 3.08. The van der Waals surface area contributed by atoms with Crippen molar-refractivity contribution in [3.05, 3.63) is 20.8 Å². The second kappa shape index (κ2) is 4.55. The van der Waals surface area contributed by atoms with Crippen LogP contribution < -0.4 is 5.32 Å². The van der Waals surface area contributed by atoms with E-state index in [1.165, 1.54) is 11.3 Å². The van der Waals surface area contributed by atoms with Crippen LogP contribution in [0.25, 0.3) is 0 Å². The van der Waals surface area contributed by atoms with Crippen molar-refractivity contribution in [3.63, 3.8) is 0 Å². The molecule has 0 unspecified atom stereocenters. The molecular formula is C10H14BrNOS. The van der Waals surface area contributed by atoms with Crippen molar-refractivity contribution in [1.82, 2.24) is 5.32 Å². The van der Waals surface area contributed by atoms with Crippen LogP contribution in [0.1, 0.15) is 30.4 Å². The first kappa shape index (κ1) is 11.9. The van der Waals surface area contributed by atoms with E-state index < -0.39 is 0 Å². The van der Waals surface area contributed by atoms with Crippen LogP contribution in [0.5, 0.6) is 0 Å². The molecule has 1 aromatic rings. The minimum Gasteiger partial charge on any atom is -0.305 e. The average Bonchev–Trinajstić information content (AvgIpc) is 2.46. The monoisotopic (exact) mass is 275 g/mol. The minimum atomic E-state index is -0.00977. The fourth-order valence-electron chi connectivity index (χ4n) is 0.897. The maximum atomic E-state index is 11.6. The van der Waals surface area contributed by atoms with Gasteiger partial charge in [0.25, 0.3) is 0 Å². The molecule has 1 heterocycles. The largest absolute Gasteiger partial charge is 0.305 e. The lowest BCUT2D eigenvalue weighted by Gasteiger charge is -2.19. The van der Waals surface area contributed by atoms with Crippen molar-refractivity contribution in [2.75, 3.05) is 6.54 Å². The molecule has 0 aliphatic heterocycles. The number of thiophene rings is 1. The van der Waals surface area contributed by atoms with Gasteiger partial charge in [-0.2, -0.15) is 0 Å². The van der Waals surface area contributed by atoms with Crippen molar-refractivity contribution >= 4 is 33.0 Å². The fourth-order valence-corrected chi connectivity index (χ4v) is 2.22. The van der Waals surface area contributed by atoms with Gasteiger partial charge in [-0.15, -0.1) is 11.3 Å². The molecule has 4 heteroatoms. The third-order valence-electron chi connectivity index (χ3n) is 1.63. The number of ketones is 1. The summed E-state index contributed by atoms with van der Waals surface area (Å²) >= 11 is 4.81. The summed E-state index contributed by atoms with van der Waals surface area (Å²) in [7, 11) is 0. The van der Waals surface area contributed by atoms with E-state index >= 15 is 0 Å². The van der Waals surface area contributed by atoms with E-state index in [2.05, 4.69) is 21.2 Å². The zero-order valence-corrected chi connectivity index (χ0v) is 11.0. The lowest BCUT2D eigenvalue weighted by molar-refractivity contribution is 0.0986. The van der Waals surface area contributed by atoms with E-state index in [4.69, 9.17) is 0 Å². The Morgan fingerprint density at radius 1 is 1.50 bits per heavy atom. The second-order valence-corrected chi connectivity index (χ2v) is 6.59.